The Morgan fingerprint density at radius 2 is 1.73 bits per heavy atom. The summed E-state index contributed by atoms with van der Waals surface area (Å²) in [7, 11) is -3.59. The van der Waals surface area contributed by atoms with Gasteiger partial charge in [0, 0.05) is 25.6 Å². The van der Waals surface area contributed by atoms with Crippen molar-refractivity contribution in [3.63, 3.8) is 0 Å². The van der Waals surface area contributed by atoms with Crippen molar-refractivity contribution in [2.75, 3.05) is 23.7 Å². The molecule has 1 atom stereocenters. The monoisotopic (exact) mass is 611 g/mol. The molecule has 40 heavy (non-hydrogen) atoms. The Morgan fingerprint density at radius 3 is 2.33 bits per heavy atom. The van der Waals surface area contributed by atoms with E-state index < -0.39 is 16.1 Å². The average Bonchev–Trinajstić information content (AvgIpc) is 2.92. The summed E-state index contributed by atoms with van der Waals surface area (Å²) in [4.78, 5) is 28.2. The minimum absolute atomic E-state index is 0.0609. The van der Waals surface area contributed by atoms with E-state index in [-0.39, 0.29) is 43.8 Å². The van der Waals surface area contributed by atoms with Crippen LogP contribution >= 0.6 is 23.2 Å². The summed E-state index contributed by atoms with van der Waals surface area (Å²) in [5.74, 6) is 0.193. The average molecular weight is 613 g/mol. The maximum atomic E-state index is 13.5. The number of sulfonamides is 1. The minimum Gasteiger partial charge on any atom is -0.494 e. The highest BCUT2D eigenvalue weighted by Gasteiger charge is 2.28. The summed E-state index contributed by atoms with van der Waals surface area (Å²) in [6, 6.07) is 11.3. The SMILES string of the molecule is CCOc1ccc(N(CCCC(=O)N(Cc2ccc(Cl)c(Cl)c2)[C@@H](C)C(=O)NC2CCCCC2)S(C)(=O)=O)cc1. The summed E-state index contributed by atoms with van der Waals surface area (Å²) >= 11 is 12.3. The van der Waals surface area contributed by atoms with Gasteiger partial charge in [-0.2, -0.15) is 0 Å². The molecule has 0 saturated heterocycles. The third kappa shape index (κ3) is 9.28. The number of nitrogens with one attached hydrogen (secondary N) is 1. The highest BCUT2D eigenvalue weighted by molar-refractivity contribution is 7.92. The van der Waals surface area contributed by atoms with Crippen molar-refractivity contribution in [3.8, 4) is 5.75 Å². The molecular weight excluding hydrogens is 573 g/mol. The van der Waals surface area contributed by atoms with Crippen LogP contribution in [0, 0.1) is 0 Å². The van der Waals surface area contributed by atoms with Crippen molar-refractivity contribution in [2.24, 2.45) is 0 Å². The van der Waals surface area contributed by atoms with Gasteiger partial charge >= 0.3 is 0 Å². The molecule has 0 radical (unpaired) electrons. The molecule has 2 aromatic rings. The Kier molecular flexibility index (Phi) is 12.0. The number of nitrogens with zero attached hydrogens (tertiary/aromatic N) is 2. The highest BCUT2D eigenvalue weighted by Crippen LogP contribution is 2.25. The van der Waals surface area contributed by atoms with E-state index >= 15 is 0 Å². The predicted molar refractivity (Wildman–Crippen MR) is 161 cm³/mol. The van der Waals surface area contributed by atoms with Crippen molar-refractivity contribution >= 4 is 50.7 Å². The summed E-state index contributed by atoms with van der Waals surface area (Å²) in [5, 5.41) is 3.88. The van der Waals surface area contributed by atoms with Gasteiger partial charge in [-0.1, -0.05) is 48.5 Å². The molecule has 0 heterocycles. The van der Waals surface area contributed by atoms with Crippen LogP contribution < -0.4 is 14.4 Å². The standard InChI is InChI=1S/C29H39Cl2N3O5S/c1-4-39-25-15-13-24(14-16-25)34(40(3,37)38)18-8-11-28(35)33(20-22-12-17-26(30)27(31)19-22)21(2)29(36)32-23-9-6-5-7-10-23/h12-17,19,21,23H,4-11,18,20H2,1-3H3,(H,32,36)/t21-/m0/s1. The topological polar surface area (TPSA) is 96.0 Å². The molecule has 1 aliphatic rings. The normalized spacial score (nSPS) is 14.8. The van der Waals surface area contributed by atoms with E-state index in [1.807, 2.05) is 6.92 Å². The van der Waals surface area contributed by atoms with Crippen LogP contribution in [0.2, 0.25) is 10.0 Å². The van der Waals surface area contributed by atoms with Gasteiger partial charge in [-0.15, -0.1) is 0 Å². The highest BCUT2D eigenvalue weighted by atomic mass is 35.5. The zero-order chi connectivity index (χ0) is 29.3. The Bertz CT molecular complexity index is 1250. The molecule has 0 spiro atoms. The Labute approximate surface area is 248 Å². The summed E-state index contributed by atoms with van der Waals surface area (Å²) in [6.45, 7) is 4.38. The van der Waals surface area contributed by atoms with Gasteiger partial charge in [0.25, 0.3) is 0 Å². The molecule has 0 unspecified atom stereocenters. The maximum absolute atomic E-state index is 13.5. The van der Waals surface area contributed by atoms with Gasteiger partial charge in [-0.25, -0.2) is 8.42 Å². The molecule has 0 aromatic heterocycles. The van der Waals surface area contributed by atoms with Gasteiger partial charge < -0.3 is 15.0 Å². The van der Waals surface area contributed by atoms with Crippen molar-refractivity contribution < 1.29 is 22.7 Å². The Hall–Kier alpha value is -2.49. The fraction of sp³-hybridized carbons (Fsp3) is 0.517. The number of halogens is 2. The first-order chi connectivity index (χ1) is 19.0. The van der Waals surface area contributed by atoms with Crippen LogP contribution in [0.3, 0.4) is 0 Å². The second-order valence-corrected chi connectivity index (χ2v) is 12.9. The fourth-order valence-corrected chi connectivity index (χ4v) is 6.15. The van der Waals surface area contributed by atoms with Crippen LogP contribution in [-0.2, 0) is 26.2 Å². The number of rotatable bonds is 13. The van der Waals surface area contributed by atoms with Crippen molar-refractivity contribution in [3.05, 3.63) is 58.1 Å². The second kappa shape index (κ2) is 14.9. The van der Waals surface area contributed by atoms with E-state index in [0.29, 0.717) is 28.1 Å². The molecule has 8 nitrogen and oxygen atoms in total. The predicted octanol–water partition coefficient (Wildman–Crippen LogP) is 5.80. The van der Waals surface area contributed by atoms with E-state index in [1.165, 1.54) is 15.6 Å². The molecule has 3 rings (SSSR count). The first kappa shape index (κ1) is 32.0. The van der Waals surface area contributed by atoms with Crippen molar-refractivity contribution in [1.29, 1.82) is 0 Å². The molecule has 0 bridgehead atoms. The smallest absolute Gasteiger partial charge is 0.242 e. The molecular formula is C29H39Cl2N3O5S. The van der Waals surface area contributed by atoms with Crippen LogP contribution in [0.4, 0.5) is 5.69 Å². The number of carbonyl (C=O) groups is 2. The van der Waals surface area contributed by atoms with E-state index in [1.54, 1.807) is 49.4 Å². The van der Waals surface area contributed by atoms with Crippen molar-refractivity contribution in [1.82, 2.24) is 10.2 Å². The van der Waals surface area contributed by atoms with Crippen LogP contribution in [0.5, 0.6) is 5.75 Å². The lowest BCUT2D eigenvalue weighted by Gasteiger charge is -2.31. The summed E-state index contributed by atoms with van der Waals surface area (Å²) < 4.78 is 31.9. The number of hydrogen-bond acceptors (Lipinski definition) is 5. The van der Waals surface area contributed by atoms with Crippen LogP contribution in [-0.4, -0.2) is 56.6 Å². The van der Waals surface area contributed by atoms with Gasteiger partial charge in [0.2, 0.25) is 21.8 Å². The zero-order valence-electron chi connectivity index (χ0n) is 23.4. The molecule has 0 aliphatic heterocycles. The number of carbonyl (C=O) groups excluding carboxylic acids is 2. The molecule has 1 N–H and O–H groups in total. The second-order valence-electron chi connectivity index (χ2n) is 10.2. The first-order valence-electron chi connectivity index (χ1n) is 13.7. The number of ether oxygens (including phenoxy) is 1. The van der Waals surface area contributed by atoms with Crippen molar-refractivity contribution in [2.45, 2.75) is 77.4 Å². The molecule has 1 saturated carbocycles. The van der Waals surface area contributed by atoms with Gasteiger partial charge in [0.1, 0.15) is 11.8 Å². The lowest BCUT2D eigenvalue weighted by Crippen LogP contribution is -2.50. The van der Waals surface area contributed by atoms with Crippen LogP contribution in [0.25, 0.3) is 0 Å². The summed E-state index contributed by atoms with van der Waals surface area (Å²) in [6.07, 6.45) is 6.68. The lowest BCUT2D eigenvalue weighted by molar-refractivity contribution is -0.141. The zero-order valence-corrected chi connectivity index (χ0v) is 25.7. The van der Waals surface area contributed by atoms with Crippen LogP contribution in [0.15, 0.2) is 42.5 Å². The molecule has 1 aliphatic carbocycles. The van der Waals surface area contributed by atoms with Gasteiger partial charge in [-0.05, 0) is 75.1 Å². The Morgan fingerprint density at radius 1 is 1.05 bits per heavy atom. The first-order valence-corrected chi connectivity index (χ1v) is 16.3. The third-order valence-corrected chi connectivity index (χ3v) is 8.98. The third-order valence-electron chi connectivity index (χ3n) is 7.04. The molecule has 2 amide bonds. The number of benzene rings is 2. The number of hydrogen-bond donors (Lipinski definition) is 1. The summed E-state index contributed by atoms with van der Waals surface area (Å²) in [5.41, 5.74) is 1.23. The fourth-order valence-electron chi connectivity index (χ4n) is 4.87. The number of amides is 2. The Balaban J connectivity index is 1.72. The lowest BCUT2D eigenvalue weighted by atomic mass is 9.95. The molecule has 1 fully saturated rings. The van der Waals surface area contributed by atoms with Crippen LogP contribution in [0.1, 0.15) is 64.4 Å². The van der Waals surface area contributed by atoms with E-state index in [0.717, 1.165) is 37.5 Å². The largest absolute Gasteiger partial charge is 0.494 e. The van der Waals surface area contributed by atoms with E-state index in [9.17, 15) is 18.0 Å². The quantitative estimate of drug-likeness (QED) is 0.308. The molecule has 220 valence electrons. The maximum Gasteiger partial charge on any atom is 0.242 e. The van der Waals surface area contributed by atoms with Gasteiger partial charge in [0.15, 0.2) is 0 Å². The number of anilines is 1. The van der Waals surface area contributed by atoms with Gasteiger partial charge in [0.05, 0.1) is 28.6 Å². The molecule has 2 aromatic carbocycles. The van der Waals surface area contributed by atoms with Gasteiger partial charge in [-0.3, -0.25) is 13.9 Å². The van der Waals surface area contributed by atoms with E-state index in [4.69, 9.17) is 27.9 Å². The van der Waals surface area contributed by atoms with E-state index in [2.05, 4.69) is 5.32 Å². The molecule has 11 heteroatoms. The minimum atomic E-state index is -3.59.